The first kappa shape index (κ1) is 21.4. The number of anilines is 1. The SMILES string of the molecule is COC1=CC=CCN1C(=O)Nc1ccc(F)c([C@@]2(C)N=C(N)N(C)C(=O)C2(C)C)c1. The number of nitrogens with two attached hydrogens (primary N) is 1. The third kappa shape index (κ3) is 3.30. The number of benzene rings is 1. The van der Waals surface area contributed by atoms with E-state index in [2.05, 4.69) is 10.3 Å². The summed E-state index contributed by atoms with van der Waals surface area (Å²) in [4.78, 5) is 32.7. The number of urea groups is 1. The molecule has 1 aromatic rings. The molecule has 160 valence electrons. The number of nitrogens with zero attached hydrogens (tertiary/aromatic N) is 3. The van der Waals surface area contributed by atoms with E-state index in [0.29, 0.717) is 18.1 Å². The first-order chi connectivity index (χ1) is 14.0. The summed E-state index contributed by atoms with van der Waals surface area (Å²) in [6.07, 6.45) is 5.27. The number of aliphatic imine (C=N–C) groups is 1. The molecule has 3 N–H and O–H groups in total. The van der Waals surface area contributed by atoms with Crippen LogP contribution >= 0.6 is 0 Å². The van der Waals surface area contributed by atoms with Gasteiger partial charge in [0.2, 0.25) is 5.91 Å². The molecule has 8 nitrogen and oxygen atoms in total. The van der Waals surface area contributed by atoms with E-state index in [1.54, 1.807) is 32.9 Å². The summed E-state index contributed by atoms with van der Waals surface area (Å²) in [5.41, 5.74) is 4.11. The largest absolute Gasteiger partial charge is 0.482 e. The number of allylic oxidation sites excluding steroid dienone is 2. The molecule has 1 aromatic carbocycles. The molecule has 0 aromatic heterocycles. The Hall–Kier alpha value is -3.36. The molecule has 0 fully saturated rings. The van der Waals surface area contributed by atoms with Crippen molar-refractivity contribution in [2.75, 3.05) is 26.0 Å². The molecule has 2 aliphatic heterocycles. The van der Waals surface area contributed by atoms with Gasteiger partial charge in [0.15, 0.2) is 11.8 Å². The molecule has 30 heavy (non-hydrogen) atoms. The number of amides is 3. The highest BCUT2D eigenvalue weighted by molar-refractivity contribution is 6.01. The Morgan fingerprint density at radius 3 is 2.70 bits per heavy atom. The van der Waals surface area contributed by atoms with Gasteiger partial charge in [-0.25, -0.2) is 14.2 Å². The maximum Gasteiger partial charge on any atom is 0.328 e. The van der Waals surface area contributed by atoms with Crippen molar-refractivity contribution >= 4 is 23.6 Å². The summed E-state index contributed by atoms with van der Waals surface area (Å²) in [6.45, 7) is 5.40. The Kier molecular flexibility index (Phi) is 5.32. The lowest BCUT2D eigenvalue weighted by Gasteiger charge is -2.46. The van der Waals surface area contributed by atoms with Gasteiger partial charge in [0.1, 0.15) is 11.4 Å². The minimum Gasteiger partial charge on any atom is -0.482 e. The van der Waals surface area contributed by atoms with Crippen LogP contribution in [0.5, 0.6) is 0 Å². The van der Waals surface area contributed by atoms with Crippen LogP contribution in [0.2, 0.25) is 0 Å². The van der Waals surface area contributed by atoms with Crippen LogP contribution in [0.25, 0.3) is 0 Å². The first-order valence-electron chi connectivity index (χ1n) is 9.45. The van der Waals surface area contributed by atoms with Gasteiger partial charge < -0.3 is 15.8 Å². The lowest BCUT2D eigenvalue weighted by atomic mass is 9.67. The van der Waals surface area contributed by atoms with Gasteiger partial charge in [-0.15, -0.1) is 0 Å². The van der Waals surface area contributed by atoms with Gasteiger partial charge in [-0.3, -0.25) is 14.6 Å². The molecule has 0 spiro atoms. The minimum atomic E-state index is -1.27. The topological polar surface area (TPSA) is 100 Å². The quantitative estimate of drug-likeness (QED) is 0.793. The molecule has 3 rings (SSSR count). The van der Waals surface area contributed by atoms with Crippen LogP contribution < -0.4 is 11.1 Å². The Labute approximate surface area is 174 Å². The summed E-state index contributed by atoms with van der Waals surface area (Å²) in [5.74, 6) is -0.425. The number of rotatable bonds is 3. The molecule has 0 unspecified atom stereocenters. The van der Waals surface area contributed by atoms with E-state index in [-0.39, 0.29) is 17.4 Å². The number of guanidine groups is 1. The second kappa shape index (κ2) is 7.47. The summed E-state index contributed by atoms with van der Waals surface area (Å²) >= 11 is 0. The molecule has 0 saturated heterocycles. The van der Waals surface area contributed by atoms with Crippen molar-refractivity contribution in [2.24, 2.45) is 16.1 Å². The Balaban J connectivity index is 1.98. The third-order valence-electron chi connectivity index (χ3n) is 5.86. The molecular formula is C21H26FN5O3. The van der Waals surface area contributed by atoms with Crippen molar-refractivity contribution in [1.82, 2.24) is 9.80 Å². The molecule has 2 aliphatic rings. The van der Waals surface area contributed by atoms with Crippen LogP contribution in [0.15, 0.2) is 47.3 Å². The summed E-state index contributed by atoms with van der Waals surface area (Å²) in [6, 6.07) is 3.74. The zero-order valence-corrected chi connectivity index (χ0v) is 17.7. The zero-order chi connectivity index (χ0) is 22.3. The van der Waals surface area contributed by atoms with Gasteiger partial charge in [0.25, 0.3) is 0 Å². The van der Waals surface area contributed by atoms with Crippen molar-refractivity contribution in [3.63, 3.8) is 0 Å². The standard InChI is InChI=1S/C21H26FN5O3/c1-20(2)17(28)26(4)18(23)25-21(20,3)14-12-13(9-10-15(14)22)24-19(29)27-11-7-6-8-16(27)30-5/h6-10,12H,11H2,1-5H3,(H2,23,25)(H,24,29)/t21-/m1/s1. The number of methoxy groups -OCH3 is 1. The van der Waals surface area contributed by atoms with E-state index < -0.39 is 22.8 Å². The second-order valence-corrected chi connectivity index (χ2v) is 7.90. The molecule has 0 radical (unpaired) electrons. The number of halogens is 1. The van der Waals surface area contributed by atoms with E-state index in [1.807, 2.05) is 6.08 Å². The molecular weight excluding hydrogens is 389 g/mol. The van der Waals surface area contributed by atoms with Gasteiger partial charge in [-0.05, 0) is 45.0 Å². The zero-order valence-electron chi connectivity index (χ0n) is 17.7. The monoisotopic (exact) mass is 415 g/mol. The predicted molar refractivity (Wildman–Crippen MR) is 112 cm³/mol. The van der Waals surface area contributed by atoms with Crippen LogP contribution in [0, 0.1) is 11.2 Å². The summed E-state index contributed by atoms with van der Waals surface area (Å²) in [7, 11) is 3.01. The molecule has 2 heterocycles. The highest BCUT2D eigenvalue weighted by Crippen LogP contribution is 2.47. The molecule has 9 heteroatoms. The second-order valence-electron chi connectivity index (χ2n) is 7.90. The van der Waals surface area contributed by atoms with Gasteiger partial charge in [0, 0.05) is 24.8 Å². The van der Waals surface area contributed by atoms with Gasteiger partial charge in [-0.2, -0.15) is 0 Å². The van der Waals surface area contributed by atoms with Crippen molar-refractivity contribution < 1.29 is 18.7 Å². The molecule has 3 amide bonds. The van der Waals surface area contributed by atoms with E-state index in [1.165, 1.54) is 42.2 Å². The fourth-order valence-electron chi connectivity index (χ4n) is 3.60. The lowest BCUT2D eigenvalue weighted by molar-refractivity contribution is -0.140. The lowest BCUT2D eigenvalue weighted by Crippen LogP contribution is -2.58. The predicted octanol–water partition coefficient (Wildman–Crippen LogP) is 2.75. The Bertz CT molecular complexity index is 985. The summed E-state index contributed by atoms with van der Waals surface area (Å²) in [5, 5.41) is 2.75. The third-order valence-corrected chi connectivity index (χ3v) is 5.86. The number of hydrogen-bond acceptors (Lipinski definition) is 5. The average molecular weight is 415 g/mol. The van der Waals surface area contributed by atoms with E-state index in [0.717, 1.165) is 0 Å². The van der Waals surface area contributed by atoms with Crippen molar-refractivity contribution in [3.8, 4) is 0 Å². The maximum atomic E-state index is 14.9. The van der Waals surface area contributed by atoms with Crippen LogP contribution in [0.4, 0.5) is 14.9 Å². The Morgan fingerprint density at radius 1 is 1.33 bits per heavy atom. The fourth-order valence-corrected chi connectivity index (χ4v) is 3.60. The minimum absolute atomic E-state index is 0.00522. The highest BCUT2D eigenvalue weighted by Gasteiger charge is 2.53. The fraction of sp³-hybridized carbons (Fsp3) is 0.381. The summed E-state index contributed by atoms with van der Waals surface area (Å²) < 4.78 is 20.1. The van der Waals surface area contributed by atoms with E-state index in [9.17, 15) is 14.0 Å². The van der Waals surface area contributed by atoms with Gasteiger partial charge in [0.05, 0.1) is 12.5 Å². The maximum absolute atomic E-state index is 14.9. The van der Waals surface area contributed by atoms with E-state index >= 15 is 0 Å². The number of hydrogen-bond donors (Lipinski definition) is 2. The first-order valence-corrected chi connectivity index (χ1v) is 9.45. The normalized spacial score (nSPS) is 23.1. The van der Waals surface area contributed by atoms with Crippen LogP contribution in [-0.2, 0) is 15.1 Å². The Morgan fingerprint density at radius 2 is 2.03 bits per heavy atom. The molecule has 0 aliphatic carbocycles. The van der Waals surface area contributed by atoms with Gasteiger partial charge in [-0.1, -0.05) is 12.2 Å². The average Bonchev–Trinajstić information content (AvgIpc) is 2.72. The van der Waals surface area contributed by atoms with Crippen molar-refractivity contribution in [3.05, 3.63) is 53.7 Å². The number of carbonyl (C=O) groups is 2. The van der Waals surface area contributed by atoms with Gasteiger partial charge >= 0.3 is 6.03 Å². The molecule has 1 atom stereocenters. The van der Waals surface area contributed by atoms with Crippen molar-refractivity contribution in [2.45, 2.75) is 26.3 Å². The number of ether oxygens (including phenoxy) is 1. The van der Waals surface area contributed by atoms with Crippen LogP contribution in [0.1, 0.15) is 26.3 Å². The van der Waals surface area contributed by atoms with Crippen LogP contribution in [0.3, 0.4) is 0 Å². The van der Waals surface area contributed by atoms with E-state index in [4.69, 9.17) is 10.5 Å². The highest BCUT2D eigenvalue weighted by atomic mass is 19.1. The molecule has 0 saturated carbocycles. The number of carbonyl (C=O) groups excluding carboxylic acids is 2. The van der Waals surface area contributed by atoms with Crippen LogP contribution in [-0.4, -0.2) is 48.4 Å². The molecule has 0 bridgehead atoms. The smallest absolute Gasteiger partial charge is 0.328 e. The number of nitrogens with one attached hydrogen (secondary N) is 1. The van der Waals surface area contributed by atoms with Crippen molar-refractivity contribution in [1.29, 1.82) is 0 Å².